The van der Waals surface area contributed by atoms with Gasteiger partial charge in [-0.3, -0.25) is 4.98 Å². The van der Waals surface area contributed by atoms with Crippen LogP contribution in [0.25, 0.3) is 10.9 Å². The Morgan fingerprint density at radius 1 is 1.40 bits per heavy atom. The molecule has 3 rings (SSSR count). The first-order chi connectivity index (χ1) is 7.27. The number of benzene rings is 1. The second kappa shape index (κ2) is 2.86. The van der Waals surface area contributed by atoms with E-state index in [9.17, 15) is 5.11 Å². The second-order valence-corrected chi connectivity index (χ2v) is 3.90. The van der Waals surface area contributed by atoms with E-state index in [0.29, 0.717) is 5.75 Å². The zero-order valence-corrected chi connectivity index (χ0v) is 8.54. The molecule has 3 nitrogen and oxygen atoms in total. The van der Waals surface area contributed by atoms with E-state index in [0.717, 1.165) is 35.2 Å². The monoisotopic (exact) mass is 200 g/mol. The number of anilines is 1. The summed E-state index contributed by atoms with van der Waals surface area (Å²) in [6.07, 6.45) is 0.998. The number of nitrogens with one attached hydrogen (secondary N) is 1. The predicted octanol–water partition coefficient (Wildman–Crippen LogP) is 2.22. The summed E-state index contributed by atoms with van der Waals surface area (Å²) in [6.45, 7) is 2.96. The highest BCUT2D eigenvalue weighted by Crippen LogP contribution is 2.37. The fourth-order valence-electron chi connectivity index (χ4n) is 2.27. The van der Waals surface area contributed by atoms with Crippen molar-refractivity contribution in [3.05, 3.63) is 29.5 Å². The third-order valence-corrected chi connectivity index (χ3v) is 2.97. The second-order valence-electron chi connectivity index (χ2n) is 3.90. The lowest BCUT2D eigenvalue weighted by Gasteiger charge is -2.09. The van der Waals surface area contributed by atoms with Gasteiger partial charge in [0.05, 0.1) is 16.6 Å². The van der Waals surface area contributed by atoms with E-state index < -0.39 is 0 Å². The summed E-state index contributed by atoms with van der Waals surface area (Å²) >= 11 is 0. The highest BCUT2D eigenvalue weighted by molar-refractivity contribution is 5.98. The van der Waals surface area contributed by atoms with Gasteiger partial charge in [0.2, 0.25) is 0 Å². The fourth-order valence-corrected chi connectivity index (χ4v) is 2.27. The summed E-state index contributed by atoms with van der Waals surface area (Å²) < 4.78 is 0. The van der Waals surface area contributed by atoms with Gasteiger partial charge in [0.1, 0.15) is 5.75 Å². The molecular formula is C12H12N2O. The van der Waals surface area contributed by atoms with E-state index in [1.54, 1.807) is 6.07 Å². The van der Waals surface area contributed by atoms with E-state index in [-0.39, 0.29) is 0 Å². The van der Waals surface area contributed by atoms with Gasteiger partial charge in [-0.25, -0.2) is 0 Å². The molecule has 0 saturated heterocycles. The molecule has 0 atom stereocenters. The van der Waals surface area contributed by atoms with Crippen LogP contribution in [0.15, 0.2) is 18.2 Å². The first kappa shape index (κ1) is 8.53. The van der Waals surface area contributed by atoms with Crippen LogP contribution in [0, 0.1) is 6.92 Å². The molecule has 1 aromatic carbocycles. The van der Waals surface area contributed by atoms with Crippen molar-refractivity contribution in [3.8, 4) is 5.75 Å². The number of nitrogens with zero attached hydrogens (tertiary/aromatic N) is 1. The minimum atomic E-state index is 0.311. The molecule has 3 heteroatoms. The third-order valence-electron chi connectivity index (χ3n) is 2.97. The maximum Gasteiger partial charge on any atom is 0.127 e. The Bertz CT molecular complexity index is 549. The van der Waals surface area contributed by atoms with Gasteiger partial charge in [-0.2, -0.15) is 0 Å². The van der Waals surface area contributed by atoms with Gasteiger partial charge in [-0.15, -0.1) is 0 Å². The molecule has 15 heavy (non-hydrogen) atoms. The van der Waals surface area contributed by atoms with Gasteiger partial charge in [0, 0.05) is 12.2 Å². The quantitative estimate of drug-likeness (QED) is 0.685. The minimum absolute atomic E-state index is 0.311. The lowest BCUT2D eigenvalue weighted by molar-refractivity contribution is 0.481. The van der Waals surface area contributed by atoms with Crippen LogP contribution in [-0.4, -0.2) is 16.6 Å². The number of aromatic nitrogens is 1. The topological polar surface area (TPSA) is 45.2 Å². The van der Waals surface area contributed by atoms with E-state index in [1.807, 2.05) is 19.1 Å². The first-order valence-corrected chi connectivity index (χ1v) is 5.12. The van der Waals surface area contributed by atoms with E-state index in [1.165, 1.54) is 5.56 Å². The Kier molecular flexibility index (Phi) is 1.63. The summed E-state index contributed by atoms with van der Waals surface area (Å²) in [7, 11) is 0. The number of rotatable bonds is 0. The molecule has 1 aliphatic rings. The van der Waals surface area contributed by atoms with Crippen molar-refractivity contribution in [1.29, 1.82) is 0 Å². The molecule has 2 heterocycles. The molecule has 0 amide bonds. The maximum atomic E-state index is 9.85. The Labute approximate surface area is 87.8 Å². The molecule has 0 radical (unpaired) electrons. The summed E-state index contributed by atoms with van der Waals surface area (Å²) in [5, 5.41) is 14.0. The van der Waals surface area contributed by atoms with Crippen LogP contribution in [0.4, 0.5) is 5.69 Å². The SMILES string of the molecule is Cc1nc2cccc(O)c2c2c1CCN2. The normalized spacial score (nSPS) is 13.9. The van der Waals surface area contributed by atoms with E-state index in [2.05, 4.69) is 10.3 Å². The van der Waals surface area contributed by atoms with Crippen LogP contribution in [-0.2, 0) is 6.42 Å². The highest BCUT2D eigenvalue weighted by Gasteiger charge is 2.18. The van der Waals surface area contributed by atoms with Crippen molar-refractivity contribution in [1.82, 2.24) is 4.98 Å². The summed E-state index contributed by atoms with van der Waals surface area (Å²) in [4.78, 5) is 4.51. The number of hydrogen-bond acceptors (Lipinski definition) is 3. The minimum Gasteiger partial charge on any atom is -0.507 e. The Balaban J connectivity index is 2.50. The van der Waals surface area contributed by atoms with Crippen LogP contribution < -0.4 is 5.32 Å². The van der Waals surface area contributed by atoms with Gasteiger partial charge < -0.3 is 10.4 Å². The molecule has 0 spiro atoms. The molecule has 2 aromatic rings. The van der Waals surface area contributed by atoms with Crippen molar-refractivity contribution in [2.75, 3.05) is 11.9 Å². The van der Waals surface area contributed by atoms with Crippen LogP contribution in [0.3, 0.4) is 0 Å². The van der Waals surface area contributed by atoms with Gasteiger partial charge in [-0.1, -0.05) is 6.07 Å². The van der Waals surface area contributed by atoms with E-state index in [4.69, 9.17) is 0 Å². The van der Waals surface area contributed by atoms with Crippen LogP contribution >= 0.6 is 0 Å². The average molecular weight is 200 g/mol. The largest absolute Gasteiger partial charge is 0.507 e. The molecule has 1 aromatic heterocycles. The molecule has 0 unspecified atom stereocenters. The number of phenols is 1. The number of aromatic hydroxyl groups is 1. The number of phenolic OH excluding ortho intramolecular Hbond substituents is 1. The molecule has 1 aliphatic heterocycles. The Hall–Kier alpha value is -1.77. The standard InChI is InChI=1S/C12H12N2O/c1-7-8-5-6-13-12(8)11-9(14-7)3-2-4-10(11)15/h2-4,13,15H,5-6H2,1H3. The van der Waals surface area contributed by atoms with Crippen molar-refractivity contribution >= 4 is 16.6 Å². The lowest BCUT2D eigenvalue weighted by atomic mass is 10.1. The molecule has 76 valence electrons. The van der Waals surface area contributed by atoms with Crippen molar-refractivity contribution < 1.29 is 5.11 Å². The zero-order valence-electron chi connectivity index (χ0n) is 8.54. The number of fused-ring (bicyclic) bond motifs is 3. The van der Waals surface area contributed by atoms with Crippen molar-refractivity contribution in [3.63, 3.8) is 0 Å². The average Bonchev–Trinajstić information content (AvgIpc) is 2.66. The molecule has 0 bridgehead atoms. The van der Waals surface area contributed by atoms with E-state index >= 15 is 0 Å². The molecular weight excluding hydrogens is 188 g/mol. The molecule has 0 fully saturated rings. The van der Waals surface area contributed by atoms with Crippen LogP contribution in [0.1, 0.15) is 11.3 Å². The third kappa shape index (κ3) is 1.09. The van der Waals surface area contributed by atoms with Crippen molar-refractivity contribution in [2.24, 2.45) is 0 Å². The maximum absolute atomic E-state index is 9.85. The van der Waals surface area contributed by atoms with Gasteiger partial charge in [-0.05, 0) is 31.0 Å². The zero-order chi connectivity index (χ0) is 10.4. The highest BCUT2D eigenvalue weighted by atomic mass is 16.3. The summed E-state index contributed by atoms with van der Waals surface area (Å²) in [6, 6.07) is 5.47. The predicted molar refractivity (Wildman–Crippen MR) is 60.3 cm³/mol. The van der Waals surface area contributed by atoms with Crippen LogP contribution in [0.2, 0.25) is 0 Å². The molecule has 0 saturated carbocycles. The van der Waals surface area contributed by atoms with Gasteiger partial charge in [0.25, 0.3) is 0 Å². The van der Waals surface area contributed by atoms with Crippen LogP contribution in [0.5, 0.6) is 5.75 Å². The fraction of sp³-hybridized carbons (Fsp3) is 0.250. The number of aryl methyl sites for hydroxylation is 1. The summed E-state index contributed by atoms with van der Waals surface area (Å²) in [5.74, 6) is 0.311. The molecule has 2 N–H and O–H groups in total. The summed E-state index contributed by atoms with van der Waals surface area (Å²) in [5.41, 5.74) is 4.23. The van der Waals surface area contributed by atoms with Gasteiger partial charge >= 0.3 is 0 Å². The van der Waals surface area contributed by atoms with Gasteiger partial charge in [0.15, 0.2) is 0 Å². The lowest BCUT2D eigenvalue weighted by Crippen LogP contribution is -1.93. The Morgan fingerprint density at radius 3 is 3.13 bits per heavy atom. The first-order valence-electron chi connectivity index (χ1n) is 5.12. The number of pyridine rings is 1. The number of hydrogen-bond donors (Lipinski definition) is 2. The molecule has 0 aliphatic carbocycles. The smallest absolute Gasteiger partial charge is 0.127 e. The van der Waals surface area contributed by atoms with Crippen molar-refractivity contribution in [2.45, 2.75) is 13.3 Å². The Morgan fingerprint density at radius 2 is 2.27 bits per heavy atom.